The normalized spacial score (nSPS) is 14.2. The molecule has 4 rings (SSSR count). The molecule has 0 saturated carbocycles. The van der Waals surface area contributed by atoms with Crippen LogP contribution in [0.1, 0.15) is 37.7 Å². The van der Waals surface area contributed by atoms with Gasteiger partial charge in [0.1, 0.15) is 12.4 Å². The van der Waals surface area contributed by atoms with Crippen LogP contribution in [0.5, 0.6) is 11.5 Å². The minimum absolute atomic E-state index is 0.0961. The number of carbonyl (C=O) groups is 1. The van der Waals surface area contributed by atoms with Crippen molar-refractivity contribution in [2.45, 2.75) is 39.8 Å². The molecule has 7 nitrogen and oxygen atoms in total. The Morgan fingerprint density at radius 3 is 2.58 bits per heavy atom. The molecule has 0 saturated heterocycles. The van der Waals surface area contributed by atoms with Crippen LogP contribution in [-0.2, 0) is 11.3 Å². The smallest absolute Gasteiger partial charge is 0.242 e. The van der Waals surface area contributed by atoms with Gasteiger partial charge in [0.2, 0.25) is 5.91 Å². The Bertz CT molecular complexity index is 1050. The molecule has 0 spiro atoms. The van der Waals surface area contributed by atoms with Crippen molar-refractivity contribution < 1.29 is 14.3 Å². The Morgan fingerprint density at radius 2 is 1.84 bits per heavy atom. The summed E-state index contributed by atoms with van der Waals surface area (Å²) in [6.45, 7) is 7.38. The molecular formula is C24H28N4O3. The summed E-state index contributed by atoms with van der Waals surface area (Å²) in [6.07, 6.45) is 0.857. The number of ether oxygens (including phenoxy) is 2. The first-order valence-electron chi connectivity index (χ1n) is 10.7. The Hall–Kier alpha value is -3.35. The van der Waals surface area contributed by atoms with Gasteiger partial charge in [0.05, 0.1) is 19.3 Å². The van der Waals surface area contributed by atoms with E-state index in [-0.39, 0.29) is 24.4 Å². The first kappa shape index (κ1) is 20.9. The van der Waals surface area contributed by atoms with Gasteiger partial charge in [-0.25, -0.2) is 9.67 Å². The van der Waals surface area contributed by atoms with Crippen LogP contribution in [0.4, 0.5) is 0 Å². The van der Waals surface area contributed by atoms with Gasteiger partial charge in [0.25, 0.3) is 0 Å². The molecule has 0 radical (unpaired) electrons. The Kier molecular flexibility index (Phi) is 6.21. The molecule has 162 valence electrons. The number of nitrogens with one attached hydrogen (secondary N) is 1. The van der Waals surface area contributed by atoms with E-state index in [0.717, 1.165) is 29.0 Å². The van der Waals surface area contributed by atoms with Crippen molar-refractivity contribution in [2.75, 3.05) is 13.2 Å². The monoisotopic (exact) mass is 420 g/mol. The summed E-state index contributed by atoms with van der Waals surface area (Å²) < 4.78 is 13.2. The number of nitrogens with zero attached hydrogens (tertiary/aromatic N) is 3. The minimum atomic E-state index is -0.158. The summed E-state index contributed by atoms with van der Waals surface area (Å²) in [4.78, 5) is 17.5. The van der Waals surface area contributed by atoms with Gasteiger partial charge in [-0.15, -0.1) is 0 Å². The van der Waals surface area contributed by atoms with E-state index in [1.54, 1.807) is 4.68 Å². The van der Waals surface area contributed by atoms with E-state index in [2.05, 4.69) is 29.2 Å². The van der Waals surface area contributed by atoms with Crippen molar-refractivity contribution in [3.63, 3.8) is 0 Å². The molecule has 1 amide bonds. The van der Waals surface area contributed by atoms with Gasteiger partial charge in [-0.2, -0.15) is 5.10 Å². The van der Waals surface area contributed by atoms with Crippen LogP contribution in [0.25, 0.3) is 11.4 Å². The van der Waals surface area contributed by atoms with Crippen LogP contribution in [0.15, 0.2) is 48.5 Å². The van der Waals surface area contributed by atoms with Crippen molar-refractivity contribution in [1.29, 1.82) is 0 Å². The van der Waals surface area contributed by atoms with E-state index >= 15 is 0 Å². The maximum Gasteiger partial charge on any atom is 0.242 e. The van der Waals surface area contributed by atoms with Gasteiger partial charge >= 0.3 is 0 Å². The van der Waals surface area contributed by atoms with Crippen LogP contribution >= 0.6 is 0 Å². The minimum Gasteiger partial charge on any atom is -0.490 e. The summed E-state index contributed by atoms with van der Waals surface area (Å²) in [6, 6.07) is 15.5. The van der Waals surface area contributed by atoms with Gasteiger partial charge in [0.15, 0.2) is 17.3 Å². The molecule has 0 aliphatic carbocycles. The highest BCUT2D eigenvalue weighted by Crippen LogP contribution is 2.34. The number of fused-ring (bicyclic) bond motifs is 1. The van der Waals surface area contributed by atoms with Gasteiger partial charge in [-0.05, 0) is 30.5 Å². The van der Waals surface area contributed by atoms with Crippen LogP contribution in [-0.4, -0.2) is 33.9 Å². The molecule has 2 aromatic carbocycles. The van der Waals surface area contributed by atoms with Gasteiger partial charge < -0.3 is 14.8 Å². The zero-order chi connectivity index (χ0) is 21.8. The molecule has 2 heterocycles. The summed E-state index contributed by atoms with van der Waals surface area (Å²) in [5.74, 6) is 2.88. The zero-order valence-electron chi connectivity index (χ0n) is 18.2. The highest BCUT2D eigenvalue weighted by Gasteiger charge is 2.22. The summed E-state index contributed by atoms with van der Waals surface area (Å²) in [5, 5.41) is 7.60. The average molecular weight is 421 g/mol. The van der Waals surface area contributed by atoms with Crippen LogP contribution in [0, 0.1) is 12.8 Å². The predicted octanol–water partition coefficient (Wildman–Crippen LogP) is 3.93. The lowest BCUT2D eigenvalue weighted by Crippen LogP contribution is -2.34. The number of rotatable bonds is 6. The van der Waals surface area contributed by atoms with Crippen LogP contribution < -0.4 is 14.8 Å². The lowest BCUT2D eigenvalue weighted by atomic mass is 9.95. The van der Waals surface area contributed by atoms with Crippen molar-refractivity contribution >= 4 is 5.91 Å². The molecule has 31 heavy (non-hydrogen) atoms. The Labute approximate surface area is 182 Å². The van der Waals surface area contributed by atoms with E-state index in [9.17, 15) is 4.79 Å². The topological polar surface area (TPSA) is 78.3 Å². The molecule has 1 N–H and O–H groups in total. The van der Waals surface area contributed by atoms with Gasteiger partial charge in [-0.1, -0.05) is 50.2 Å². The summed E-state index contributed by atoms with van der Waals surface area (Å²) >= 11 is 0. The van der Waals surface area contributed by atoms with E-state index in [4.69, 9.17) is 9.47 Å². The fraction of sp³-hybridized carbons (Fsp3) is 0.375. The molecular weight excluding hydrogens is 392 g/mol. The quantitative estimate of drug-likeness (QED) is 0.654. The third-order valence-electron chi connectivity index (χ3n) is 5.22. The molecule has 1 aliphatic rings. The number of hydrogen-bond acceptors (Lipinski definition) is 5. The second-order valence-electron chi connectivity index (χ2n) is 8.05. The van der Waals surface area contributed by atoms with E-state index in [1.165, 1.54) is 0 Å². The molecule has 0 bridgehead atoms. The highest BCUT2D eigenvalue weighted by molar-refractivity contribution is 5.77. The Morgan fingerprint density at radius 1 is 1.10 bits per heavy atom. The first-order chi connectivity index (χ1) is 15.0. The number of carbonyl (C=O) groups excluding carboxylic acids is 1. The van der Waals surface area contributed by atoms with E-state index in [1.807, 2.05) is 55.5 Å². The standard InChI is InChI=1S/C24H28N4O3/c1-16(2)23(19-10-11-20-21(14-19)31-13-7-12-30-20)26-22(29)15-28-24(25-17(3)27-28)18-8-5-4-6-9-18/h4-6,8-11,14,16,23H,7,12-13,15H2,1-3H3,(H,26,29). The third kappa shape index (κ3) is 4.87. The SMILES string of the molecule is Cc1nc(-c2ccccc2)n(CC(=O)NC(c2ccc3c(c2)OCCCO3)C(C)C)n1. The Balaban J connectivity index is 1.53. The lowest BCUT2D eigenvalue weighted by Gasteiger charge is -2.24. The number of aromatic nitrogens is 3. The molecule has 1 aliphatic heterocycles. The summed E-state index contributed by atoms with van der Waals surface area (Å²) in [5.41, 5.74) is 1.92. The second kappa shape index (κ2) is 9.20. The van der Waals surface area contributed by atoms with E-state index < -0.39 is 0 Å². The molecule has 0 fully saturated rings. The number of amides is 1. The molecule has 3 aromatic rings. The molecule has 1 aromatic heterocycles. The van der Waals surface area contributed by atoms with Crippen LogP contribution in [0.3, 0.4) is 0 Å². The summed E-state index contributed by atoms with van der Waals surface area (Å²) in [7, 11) is 0. The third-order valence-corrected chi connectivity index (χ3v) is 5.22. The fourth-order valence-electron chi connectivity index (χ4n) is 3.73. The first-order valence-corrected chi connectivity index (χ1v) is 10.7. The fourth-order valence-corrected chi connectivity index (χ4v) is 3.73. The zero-order valence-corrected chi connectivity index (χ0v) is 18.2. The van der Waals surface area contributed by atoms with Crippen molar-refractivity contribution in [1.82, 2.24) is 20.1 Å². The van der Waals surface area contributed by atoms with Crippen molar-refractivity contribution in [3.8, 4) is 22.9 Å². The largest absolute Gasteiger partial charge is 0.490 e. The second-order valence-corrected chi connectivity index (χ2v) is 8.05. The van der Waals surface area contributed by atoms with Gasteiger partial charge in [-0.3, -0.25) is 4.79 Å². The average Bonchev–Trinajstić information content (AvgIpc) is 2.96. The molecule has 1 unspecified atom stereocenters. The number of aryl methyl sites for hydroxylation is 1. The molecule has 1 atom stereocenters. The van der Waals surface area contributed by atoms with Crippen LogP contribution in [0.2, 0.25) is 0 Å². The predicted molar refractivity (Wildman–Crippen MR) is 118 cm³/mol. The molecule has 7 heteroatoms. The highest BCUT2D eigenvalue weighted by atomic mass is 16.5. The lowest BCUT2D eigenvalue weighted by molar-refractivity contribution is -0.122. The van der Waals surface area contributed by atoms with E-state index in [0.29, 0.717) is 24.9 Å². The maximum absolute atomic E-state index is 13.0. The number of hydrogen-bond donors (Lipinski definition) is 1. The van der Waals surface area contributed by atoms with Gasteiger partial charge in [0, 0.05) is 12.0 Å². The van der Waals surface area contributed by atoms with Crippen molar-refractivity contribution in [3.05, 3.63) is 59.9 Å². The van der Waals surface area contributed by atoms with Crippen molar-refractivity contribution in [2.24, 2.45) is 5.92 Å². The maximum atomic E-state index is 13.0. The number of benzene rings is 2.